The lowest BCUT2D eigenvalue weighted by Crippen LogP contribution is -2.03. The number of nitrogens with zero attached hydrogens (tertiary/aromatic N) is 3. The maximum absolute atomic E-state index is 12.6. The first-order valence-electron chi connectivity index (χ1n) is 6.26. The Hall–Kier alpha value is -2.40. The van der Waals surface area contributed by atoms with Gasteiger partial charge in [0.1, 0.15) is 22.9 Å². The molecule has 0 fully saturated rings. The first kappa shape index (κ1) is 13.6. The largest absolute Gasteiger partial charge is 0.495 e. The van der Waals surface area contributed by atoms with Gasteiger partial charge in [-0.05, 0) is 6.07 Å². The van der Waals surface area contributed by atoms with Crippen LogP contribution in [0, 0.1) is 0 Å². The van der Waals surface area contributed by atoms with Crippen LogP contribution in [0.1, 0.15) is 16.1 Å². The van der Waals surface area contributed by atoms with Gasteiger partial charge in [0, 0.05) is 30.3 Å². The molecule has 21 heavy (non-hydrogen) atoms. The second-order valence-corrected chi connectivity index (χ2v) is 4.95. The molecule has 0 aliphatic carbocycles. The van der Waals surface area contributed by atoms with E-state index in [2.05, 4.69) is 9.97 Å². The highest BCUT2D eigenvalue weighted by Gasteiger charge is 2.19. The van der Waals surface area contributed by atoms with Crippen molar-refractivity contribution in [2.45, 2.75) is 0 Å². The third-order valence-electron chi connectivity index (χ3n) is 3.30. The predicted octanol–water partition coefficient (Wildman–Crippen LogP) is 2.86. The van der Waals surface area contributed by atoms with Crippen LogP contribution in [0.15, 0.2) is 36.8 Å². The molecule has 2 aromatic heterocycles. The summed E-state index contributed by atoms with van der Waals surface area (Å²) in [7, 11) is 3.47. The van der Waals surface area contributed by atoms with E-state index < -0.39 is 0 Å². The highest BCUT2D eigenvalue weighted by Crippen LogP contribution is 2.30. The summed E-state index contributed by atoms with van der Waals surface area (Å²) < 4.78 is 7.21. The number of ketones is 1. The van der Waals surface area contributed by atoms with E-state index in [-0.39, 0.29) is 16.6 Å². The van der Waals surface area contributed by atoms with Crippen LogP contribution < -0.4 is 4.74 Å². The molecule has 0 saturated carbocycles. The molecule has 0 atom stereocenters. The van der Waals surface area contributed by atoms with Gasteiger partial charge in [0.15, 0.2) is 0 Å². The third-order valence-corrected chi connectivity index (χ3v) is 3.50. The molecule has 0 N–H and O–H groups in total. The Labute approximate surface area is 126 Å². The molecule has 0 aliphatic heterocycles. The van der Waals surface area contributed by atoms with Gasteiger partial charge in [-0.15, -0.1) is 0 Å². The summed E-state index contributed by atoms with van der Waals surface area (Å²) in [5.41, 5.74) is 1.69. The van der Waals surface area contributed by atoms with Crippen molar-refractivity contribution in [3.8, 4) is 5.75 Å². The Morgan fingerprint density at radius 1 is 1.33 bits per heavy atom. The van der Waals surface area contributed by atoms with Gasteiger partial charge in [-0.1, -0.05) is 23.7 Å². The zero-order chi connectivity index (χ0) is 15.0. The number of para-hydroxylation sites is 1. The molecule has 6 heteroatoms. The fraction of sp³-hybridized carbons (Fsp3) is 0.133. The summed E-state index contributed by atoms with van der Waals surface area (Å²) in [6.07, 6.45) is 3.05. The van der Waals surface area contributed by atoms with E-state index in [1.807, 2.05) is 29.8 Å². The number of aromatic nitrogens is 3. The summed E-state index contributed by atoms with van der Waals surface area (Å²) >= 11 is 5.82. The summed E-state index contributed by atoms with van der Waals surface area (Å²) in [6, 6.07) is 7.06. The summed E-state index contributed by atoms with van der Waals surface area (Å²) in [5.74, 6) is 0.521. The molecule has 0 amide bonds. The molecule has 106 valence electrons. The molecule has 0 spiro atoms. The Balaban J connectivity index is 2.20. The minimum atomic E-state index is -0.196. The molecule has 3 aromatic rings. The molecular weight excluding hydrogens is 290 g/mol. The summed E-state index contributed by atoms with van der Waals surface area (Å²) in [6.45, 7) is 0. The number of hydrogen-bond donors (Lipinski definition) is 0. The second kappa shape index (κ2) is 5.18. The molecule has 0 saturated heterocycles. The van der Waals surface area contributed by atoms with Crippen molar-refractivity contribution in [1.82, 2.24) is 14.5 Å². The molecule has 0 aliphatic rings. The van der Waals surface area contributed by atoms with Gasteiger partial charge < -0.3 is 9.30 Å². The monoisotopic (exact) mass is 301 g/mol. The number of carbonyl (C=O) groups excluding carboxylic acids is 1. The van der Waals surface area contributed by atoms with Crippen LogP contribution in [0.3, 0.4) is 0 Å². The van der Waals surface area contributed by atoms with E-state index in [1.54, 1.807) is 13.3 Å². The topological polar surface area (TPSA) is 57.0 Å². The van der Waals surface area contributed by atoms with Gasteiger partial charge in [-0.2, -0.15) is 0 Å². The van der Waals surface area contributed by atoms with Gasteiger partial charge >= 0.3 is 0 Å². The van der Waals surface area contributed by atoms with Crippen LogP contribution in [-0.4, -0.2) is 27.4 Å². The molecule has 2 heterocycles. The van der Waals surface area contributed by atoms with Crippen molar-refractivity contribution in [2.24, 2.45) is 7.05 Å². The predicted molar refractivity (Wildman–Crippen MR) is 79.9 cm³/mol. The molecule has 0 radical (unpaired) electrons. The third kappa shape index (κ3) is 2.25. The normalized spacial score (nSPS) is 10.8. The van der Waals surface area contributed by atoms with Crippen molar-refractivity contribution in [1.29, 1.82) is 0 Å². The maximum atomic E-state index is 12.6. The minimum absolute atomic E-state index is 0.196. The molecule has 5 nitrogen and oxygen atoms in total. The Morgan fingerprint density at radius 2 is 2.14 bits per heavy atom. The number of ether oxygens (including phenoxy) is 1. The van der Waals surface area contributed by atoms with E-state index in [0.717, 1.165) is 16.7 Å². The Kier molecular flexibility index (Phi) is 3.35. The summed E-state index contributed by atoms with van der Waals surface area (Å²) in [4.78, 5) is 20.4. The lowest BCUT2D eigenvalue weighted by Gasteiger charge is -2.04. The number of fused-ring (bicyclic) bond motifs is 1. The van der Waals surface area contributed by atoms with Gasteiger partial charge in [0.25, 0.3) is 0 Å². The SMILES string of the molecule is COc1cccc2c(C(=O)c3cc(Cl)ncn3)cn(C)c12. The Bertz CT molecular complexity index is 842. The van der Waals surface area contributed by atoms with Crippen LogP contribution in [0.5, 0.6) is 5.75 Å². The van der Waals surface area contributed by atoms with E-state index >= 15 is 0 Å². The van der Waals surface area contributed by atoms with Crippen LogP contribution in [0.2, 0.25) is 5.15 Å². The van der Waals surface area contributed by atoms with E-state index in [9.17, 15) is 4.79 Å². The van der Waals surface area contributed by atoms with Gasteiger partial charge in [0.05, 0.1) is 12.6 Å². The zero-order valence-corrected chi connectivity index (χ0v) is 12.3. The fourth-order valence-electron chi connectivity index (χ4n) is 2.37. The quantitative estimate of drug-likeness (QED) is 0.551. The first-order valence-corrected chi connectivity index (χ1v) is 6.64. The number of aryl methyl sites for hydroxylation is 1. The smallest absolute Gasteiger partial charge is 0.213 e. The average molecular weight is 302 g/mol. The van der Waals surface area contributed by atoms with Crippen molar-refractivity contribution in [3.05, 3.63) is 53.2 Å². The van der Waals surface area contributed by atoms with Gasteiger partial charge in [-0.3, -0.25) is 4.79 Å². The second-order valence-electron chi connectivity index (χ2n) is 4.57. The number of methoxy groups -OCH3 is 1. The molecule has 1 aromatic carbocycles. The van der Waals surface area contributed by atoms with Crippen LogP contribution in [-0.2, 0) is 7.05 Å². The molecule has 0 bridgehead atoms. The average Bonchev–Trinajstić information content (AvgIpc) is 2.84. The number of carbonyl (C=O) groups is 1. The van der Waals surface area contributed by atoms with E-state index in [1.165, 1.54) is 12.4 Å². The highest BCUT2D eigenvalue weighted by atomic mass is 35.5. The van der Waals surface area contributed by atoms with Crippen molar-refractivity contribution in [3.63, 3.8) is 0 Å². The highest BCUT2D eigenvalue weighted by molar-refractivity contribution is 6.30. The lowest BCUT2D eigenvalue weighted by atomic mass is 10.1. The number of halogens is 1. The van der Waals surface area contributed by atoms with Crippen LogP contribution in [0.25, 0.3) is 10.9 Å². The van der Waals surface area contributed by atoms with E-state index in [0.29, 0.717) is 5.56 Å². The number of hydrogen-bond acceptors (Lipinski definition) is 4. The summed E-state index contributed by atoms with van der Waals surface area (Å²) in [5, 5.41) is 1.06. The van der Waals surface area contributed by atoms with Crippen LogP contribution in [0.4, 0.5) is 0 Å². The molecule has 3 rings (SSSR count). The fourth-order valence-corrected chi connectivity index (χ4v) is 2.52. The van der Waals surface area contributed by atoms with Gasteiger partial charge in [0.2, 0.25) is 5.78 Å². The standard InChI is InChI=1S/C15H12ClN3O2/c1-19-7-10(9-4-3-5-12(21-2)14(9)19)15(20)11-6-13(16)18-8-17-11/h3-8H,1-2H3. The van der Waals surface area contributed by atoms with Crippen molar-refractivity contribution >= 4 is 28.3 Å². The van der Waals surface area contributed by atoms with Crippen molar-refractivity contribution in [2.75, 3.05) is 7.11 Å². The number of rotatable bonds is 3. The number of benzene rings is 1. The minimum Gasteiger partial charge on any atom is -0.495 e. The molecular formula is C15H12ClN3O2. The van der Waals surface area contributed by atoms with Crippen molar-refractivity contribution < 1.29 is 9.53 Å². The zero-order valence-electron chi connectivity index (χ0n) is 11.5. The first-order chi connectivity index (χ1) is 10.1. The molecule has 0 unspecified atom stereocenters. The lowest BCUT2D eigenvalue weighted by molar-refractivity contribution is 0.103. The van der Waals surface area contributed by atoms with Crippen LogP contribution >= 0.6 is 11.6 Å². The van der Waals surface area contributed by atoms with E-state index in [4.69, 9.17) is 16.3 Å². The Morgan fingerprint density at radius 3 is 2.86 bits per heavy atom. The van der Waals surface area contributed by atoms with Gasteiger partial charge in [-0.25, -0.2) is 9.97 Å². The maximum Gasteiger partial charge on any atom is 0.213 e.